The average Bonchev–Trinajstić information content (AvgIpc) is 3.30. The van der Waals surface area contributed by atoms with E-state index < -0.39 is 74.1 Å². The van der Waals surface area contributed by atoms with Crippen molar-refractivity contribution in [2.75, 3.05) is 13.2 Å². The molecule has 1 fully saturated rings. The SMILES string of the molecule is CCOC(=O)C(C)N(Oc1ccccc1)[PH](=O)OC[C@@]1(N=[N+]=[N-])O[C@@H](n2ccc(=O)[nH]c2=O)[C@H](OC(=O)CC)[C@@H]1OC(=O)CC. The number of benzene rings is 1. The van der Waals surface area contributed by atoms with E-state index in [-0.39, 0.29) is 25.2 Å². The number of azide groups is 1. The molecule has 0 radical (unpaired) electrons. The summed E-state index contributed by atoms with van der Waals surface area (Å²) in [6.45, 7) is 4.98. The van der Waals surface area contributed by atoms with Crippen molar-refractivity contribution in [3.8, 4) is 5.75 Å². The highest BCUT2D eigenvalue weighted by Crippen LogP contribution is 2.44. The van der Waals surface area contributed by atoms with E-state index in [1.54, 1.807) is 25.1 Å². The van der Waals surface area contributed by atoms with Gasteiger partial charge >= 0.3 is 23.6 Å². The Labute approximate surface area is 256 Å². The molecule has 1 aliphatic rings. The molecule has 1 saturated heterocycles. The van der Waals surface area contributed by atoms with Gasteiger partial charge in [-0.2, -0.15) is 0 Å². The highest BCUT2D eigenvalue weighted by atomic mass is 31.1. The van der Waals surface area contributed by atoms with Gasteiger partial charge in [0.15, 0.2) is 18.4 Å². The number of ether oxygens (including phenoxy) is 4. The number of carbonyl (C=O) groups is 3. The van der Waals surface area contributed by atoms with Gasteiger partial charge in [-0.15, -0.1) is 0 Å². The molecule has 3 rings (SSSR count). The summed E-state index contributed by atoms with van der Waals surface area (Å²) in [5.74, 6) is -2.25. The molecule has 6 atom stereocenters. The van der Waals surface area contributed by atoms with Crippen LogP contribution in [0.25, 0.3) is 10.4 Å². The van der Waals surface area contributed by atoms with Crippen molar-refractivity contribution < 1.29 is 47.3 Å². The van der Waals surface area contributed by atoms with Crippen LogP contribution >= 0.6 is 8.18 Å². The Balaban J connectivity index is 2.07. The summed E-state index contributed by atoms with van der Waals surface area (Å²) in [6.07, 6.45) is -4.29. The maximum Gasteiger partial charge on any atom is 0.330 e. The normalized spacial score (nSPS) is 22.1. The van der Waals surface area contributed by atoms with E-state index in [1.807, 2.05) is 4.98 Å². The third kappa shape index (κ3) is 8.59. The molecule has 19 heteroatoms. The van der Waals surface area contributed by atoms with Crippen molar-refractivity contribution in [2.45, 2.75) is 70.7 Å². The Morgan fingerprint density at radius 1 is 1.13 bits per heavy atom. The maximum absolute atomic E-state index is 13.6. The van der Waals surface area contributed by atoms with E-state index in [0.717, 1.165) is 21.7 Å². The molecule has 0 aliphatic carbocycles. The molecule has 1 aromatic carbocycles. The lowest BCUT2D eigenvalue weighted by molar-refractivity contribution is -0.172. The Hall–Kier alpha value is -4.47. The number of hydrogen-bond acceptors (Lipinski definition) is 13. The van der Waals surface area contributed by atoms with Crippen LogP contribution in [0, 0.1) is 0 Å². The summed E-state index contributed by atoms with van der Waals surface area (Å²) in [5, 5.41) is 3.66. The monoisotopic (exact) mass is 652 g/mol. The fourth-order valence-electron chi connectivity index (χ4n) is 4.09. The van der Waals surface area contributed by atoms with Crippen LogP contribution in [0.1, 0.15) is 46.8 Å². The van der Waals surface area contributed by atoms with Crippen LogP contribution in [0.15, 0.2) is 57.3 Å². The largest absolute Gasteiger partial charge is 0.465 e. The number of hydrogen-bond donors (Lipinski definition) is 1. The molecule has 0 bridgehead atoms. The first kappa shape index (κ1) is 35.0. The zero-order chi connectivity index (χ0) is 33.1. The van der Waals surface area contributed by atoms with Gasteiger partial charge in [0.05, 0.1) is 13.2 Å². The van der Waals surface area contributed by atoms with Crippen molar-refractivity contribution in [3.63, 3.8) is 0 Å². The van der Waals surface area contributed by atoms with Crippen LogP contribution in [-0.2, 0) is 42.4 Å². The first-order valence-electron chi connectivity index (χ1n) is 13.8. The molecular weight excluding hydrogens is 619 g/mol. The zero-order valence-electron chi connectivity index (χ0n) is 24.8. The summed E-state index contributed by atoms with van der Waals surface area (Å²) in [5.41, 5.74) is 5.40. The second-order valence-corrected chi connectivity index (χ2v) is 10.6. The lowest BCUT2D eigenvalue weighted by Gasteiger charge is -2.31. The molecule has 244 valence electrons. The number of para-hydroxylation sites is 1. The fourth-order valence-corrected chi connectivity index (χ4v) is 5.15. The van der Waals surface area contributed by atoms with Crippen molar-refractivity contribution in [1.82, 2.24) is 14.4 Å². The van der Waals surface area contributed by atoms with Crippen LogP contribution in [-0.4, -0.2) is 69.5 Å². The first-order valence-corrected chi connectivity index (χ1v) is 15.1. The van der Waals surface area contributed by atoms with Gasteiger partial charge in [0.1, 0.15) is 11.8 Å². The summed E-state index contributed by atoms with van der Waals surface area (Å²) < 4.78 is 42.1. The van der Waals surface area contributed by atoms with Gasteiger partial charge in [0.2, 0.25) is 5.72 Å². The molecule has 2 aromatic rings. The smallest absolute Gasteiger partial charge is 0.330 e. The van der Waals surface area contributed by atoms with E-state index in [1.165, 1.54) is 32.9 Å². The number of nitrogens with one attached hydrogen (secondary N) is 1. The van der Waals surface area contributed by atoms with Gasteiger partial charge in [-0.1, -0.05) is 42.0 Å². The predicted molar refractivity (Wildman–Crippen MR) is 154 cm³/mol. The van der Waals surface area contributed by atoms with E-state index >= 15 is 0 Å². The number of carbonyl (C=O) groups excluding carboxylic acids is 3. The maximum atomic E-state index is 13.6. The molecular formula is C26H33N6O12P. The summed E-state index contributed by atoms with van der Waals surface area (Å²) in [4.78, 5) is 73.3. The molecule has 18 nitrogen and oxygen atoms in total. The predicted octanol–water partition coefficient (Wildman–Crippen LogP) is 2.37. The van der Waals surface area contributed by atoms with Crippen LogP contribution in [0.2, 0.25) is 0 Å². The highest BCUT2D eigenvalue weighted by molar-refractivity contribution is 7.36. The average molecular weight is 653 g/mol. The summed E-state index contributed by atoms with van der Waals surface area (Å²) in [6, 6.07) is 7.74. The number of H-pyrrole nitrogens is 1. The van der Waals surface area contributed by atoms with Crippen molar-refractivity contribution in [2.24, 2.45) is 5.11 Å². The zero-order valence-corrected chi connectivity index (χ0v) is 25.8. The van der Waals surface area contributed by atoms with Gasteiger partial charge in [-0.05, 0) is 31.5 Å². The van der Waals surface area contributed by atoms with Gasteiger partial charge in [-0.25, -0.2) is 4.79 Å². The molecule has 2 unspecified atom stereocenters. The molecule has 1 aromatic heterocycles. The fraction of sp³-hybridized carbons (Fsp3) is 0.500. The first-order chi connectivity index (χ1) is 21.5. The second kappa shape index (κ2) is 16.0. The Morgan fingerprint density at radius 2 is 1.80 bits per heavy atom. The lowest BCUT2D eigenvalue weighted by atomic mass is 10.0. The molecule has 1 N–H and O–H groups in total. The molecule has 2 heterocycles. The van der Waals surface area contributed by atoms with Gasteiger partial charge in [-0.3, -0.25) is 33.3 Å². The Bertz CT molecular complexity index is 1540. The van der Waals surface area contributed by atoms with Gasteiger partial charge in [0, 0.05) is 30.0 Å². The van der Waals surface area contributed by atoms with E-state index in [4.69, 9.17) is 28.3 Å². The molecule has 0 spiro atoms. The molecule has 1 aliphatic heterocycles. The van der Waals surface area contributed by atoms with Crippen LogP contribution in [0.4, 0.5) is 0 Å². The topological polar surface area (TPSA) is 231 Å². The third-order valence-corrected chi connectivity index (χ3v) is 7.53. The van der Waals surface area contributed by atoms with Gasteiger partial charge < -0.3 is 28.3 Å². The Morgan fingerprint density at radius 3 is 2.40 bits per heavy atom. The van der Waals surface area contributed by atoms with Crippen molar-refractivity contribution >= 4 is 26.1 Å². The van der Waals surface area contributed by atoms with Crippen LogP contribution < -0.4 is 16.1 Å². The van der Waals surface area contributed by atoms with Crippen molar-refractivity contribution in [1.29, 1.82) is 0 Å². The second-order valence-electron chi connectivity index (χ2n) is 9.34. The number of hydroxylamine groups is 1. The van der Waals surface area contributed by atoms with Crippen LogP contribution in [0.5, 0.6) is 5.75 Å². The molecule has 0 amide bonds. The Kier molecular flexibility index (Phi) is 12.5. The van der Waals surface area contributed by atoms with E-state index in [2.05, 4.69) is 10.0 Å². The highest BCUT2D eigenvalue weighted by Gasteiger charge is 2.61. The van der Waals surface area contributed by atoms with E-state index in [0.29, 0.717) is 0 Å². The quantitative estimate of drug-likeness (QED) is 0.0554. The van der Waals surface area contributed by atoms with Crippen molar-refractivity contribution in [3.05, 3.63) is 73.9 Å². The molecule has 45 heavy (non-hydrogen) atoms. The third-order valence-electron chi connectivity index (χ3n) is 6.30. The number of rotatable bonds is 15. The minimum Gasteiger partial charge on any atom is -0.465 e. The number of esters is 3. The standard InChI is InChI=1S/C26H33N6O12P/c1-5-19(34)41-21-22(42-20(35)6-2)26(29-30-27,43-23(21)31-14-13-18(33)28-25(31)37)15-40-45(38)32(16(4)24(36)39-7-3)44-17-11-9-8-10-12-17/h8-14,16,21-23,45H,5-7,15H2,1-4H3,(H,28,33,37)/t16?,21-,22+,23-,26-/m1/s1. The van der Waals surface area contributed by atoms with Crippen LogP contribution in [0.3, 0.4) is 0 Å². The number of aromatic nitrogens is 2. The minimum absolute atomic E-state index is 0.0197. The van der Waals surface area contributed by atoms with Gasteiger partial charge in [0.25, 0.3) is 13.7 Å². The summed E-state index contributed by atoms with van der Waals surface area (Å²) in [7, 11) is -3.59. The lowest BCUT2D eigenvalue weighted by Crippen LogP contribution is -2.49. The number of nitrogens with zero attached hydrogens (tertiary/aromatic N) is 5. The molecule has 0 saturated carbocycles. The number of aromatic amines is 1. The minimum atomic E-state index is -3.59. The summed E-state index contributed by atoms with van der Waals surface area (Å²) >= 11 is 0. The van der Waals surface area contributed by atoms with E-state index in [9.17, 15) is 34.1 Å².